The maximum absolute atomic E-state index is 12.4. The lowest BCUT2D eigenvalue weighted by Gasteiger charge is -2.31. The van der Waals surface area contributed by atoms with Crippen molar-refractivity contribution in [1.82, 2.24) is 15.1 Å². The van der Waals surface area contributed by atoms with Crippen LogP contribution in [0.25, 0.3) is 0 Å². The van der Waals surface area contributed by atoms with E-state index >= 15 is 0 Å². The van der Waals surface area contributed by atoms with Gasteiger partial charge in [0.1, 0.15) is 0 Å². The number of anilines is 1. The number of fused-ring (bicyclic) bond motifs is 1. The summed E-state index contributed by atoms with van der Waals surface area (Å²) in [7, 11) is 0. The topological polar surface area (TPSA) is 60.0 Å². The van der Waals surface area contributed by atoms with Gasteiger partial charge in [-0.3, -0.25) is 0 Å². The fourth-order valence-corrected chi connectivity index (χ4v) is 4.14. The summed E-state index contributed by atoms with van der Waals surface area (Å²) in [6, 6.07) is 16.6. The number of hydrogen-bond donors (Lipinski definition) is 2. The largest absolute Gasteiger partial charge is 0.356 e. The average Bonchev–Trinajstić information content (AvgIpc) is 3.32. The van der Waals surface area contributed by atoms with Gasteiger partial charge >= 0.3 is 6.03 Å². The molecule has 2 amide bonds. The van der Waals surface area contributed by atoms with Gasteiger partial charge in [-0.1, -0.05) is 36.4 Å². The molecule has 0 radical (unpaired) electrons. The van der Waals surface area contributed by atoms with Crippen LogP contribution in [0.5, 0.6) is 0 Å². The lowest BCUT2D eigenvalue weighted by atomic mass is 10.0. The Morgan fingerprint density at radius 2 is 1.77 bits per heavy atom. The molecule has 4 rings (SSSR count). The van der Waals surface area contributed by atoms with E-state index in [1.807, 2.05) is 23.1 Å². The summed E-state index contributed by atoms with van der Waals surface area (Å²) >= 11 is 0. The van der Waals surface area contributed by atoms with E-state index in [2.05, 4.69) is 52.8 Å². The molecule has 2 aliphatic rings. The number of hydrogen-bond acceptors (Lipinski definition) is 2. The van der Waals surface area contributed by atoms with Gasteiger partial charge in [0.25, 0.3) is 0 Å². The summed E-state index contributed by atoms with van der Waals surface area (Å²) < 4.78 is 0. The first-order chi connectivity index (χ1) is 14.7. The summed E-state index contributed by atoms with van der Waals surface area (Å²) in [4.78, 5) is 21.4. The van der Waals surface area contributed by atoms with Crippen molar-refractivity contribution >= 4 is 41.7 Å². The summed E-state index contributed by atoms with van der Waals surface area (Å²) in [6.45, 7) is 7.06. The summed E-state index contributed by atoms with van der Waals surface area (Å²) in [6.07, 6.45) is 3.23. The Bertz CT molecular complexity index is 910. The zero-order valence-corrected chi connectivity index (χ0v) is 20.5. The smallest absolute Gasteiger partial charge is 0.321 e. The van der Waals surface area contributed by atoms with Gasteiger partial charge in [-0.15, -0.1) is 24.0 Å². The third kappa shape index (κ3) is 6.12. The van der Waals surface area contributed by atoms with E-state index in [0.717, 1.165) is 69.2 Å². The number of carbonyl (C=O) groups excluding carboxylic acids is 1. The minimum absolute atomic E-state index is 0. The second-order valence-electron chi connectivity index (χ2n) is 7.94. The van der Waals surface area contributed by atoms with Gasteiger partial charge in [0.05, 0.1) is 6.54 Å². The molecule has 2 aromatic carbocycles. The number of nitrogens with one attached hydrogen (secondary N) is 2. The molecule has 1 saturated heterocycles. The van der Waals surface area contributed by atoms with E-state index in [4.69, 9.17) is 4.99 Å². The van der Waals surface area contributed by atoms with Crippen LogP contribution in [0.3, 0.4) is 0 Å². The van der Waals surface area contributed by atoms with E-state index in [9.17, 15) is 4.79 Å². The number of halogens is 1. The molecule has 0 atom stereocenters. The van der Waals surface area contributed by atoms with Gasteiger partial charge in [-0.2, -0.15) is 0 Å². The normalized spacial score (nSPS) is 15.8. The van der Waals surface area contributed by atoms with Crippen molar-refractivity contribution in [2.45, 2.75) is 39.3 Å². The first kappa shape index (κ1) is 23.4. The molecule has 0 aromatic heterocycles. The van der Waals surface area contributed by atoms with Crippen LogP contribution in [0, 0.1) is 0 Å². The van der Waals surface area contributed by atoms with Crippen molar-refractivity contribution in [2.24, 2.45) is 4.99 Å². The van der Waals surface area contributed by atoms with Crippen LogP contribution in [-0.2, 0) is 19.5 Å². The highest BCUT2D eigenvalue weighted by Crippen LogP contribution is 2.19. The van der Waals surface area contributed by atoms with Gasteiger partial charge in [0, 0.05) is 38.4 Å². The Labute approximate surface area is 202 Å². The number of rotatable bonds is 4. The molecule has 2 aliphatic heterocycles. The number of urea groups is 1. The van der Waals surface area contributed by atoms with Crippen molar-refractivity contribution in [3.63, 3.8) is 0 Å². The molecule has 0 bridgehead atoms. The number of amides is 2. The molecule has 7 heteroatoms. The fraction of sp³-hybridized carbons (Fsp3) is 0.417. The predicted octanol–water partition coefficient (Wildman–Crippen LogP) is 4.46. The molecular formula is C24H32IN5O. The van der Waals surface area contributed by atoms with Crippen molar-refractivity contribution in [3.8, 4) is 0 Å². The molecule has 166 valence electrons. The number of nitrogens with zero attached hydrogens (tertiary/aromatic N) is 3. The van der Waals surface area contributed by atoms with Gasteiger partial charge in [0.15, 0.2) is 5.96 Å². The Morgan fingerprint density at radius 1 is 1.00 bits per heavy atom. The average molecular weight is 533 g/mol. The molecule has 0 unspecified atom stereocenters. The van der Waals surface area contributed by atoms with Crippen LogP contribution >= 0.6 is 24.0 Å². The molecule has 31 heavy (non-hydrogen) atoms. The molecule has 2 aromatic rings. The third-order valence-corrected chi connectivity index (χ3v) is 5.75. The van der Waals surface area contributed by atoms with Crippen LogP contribution in [0.1, 0.15) is 36.5 Å². The van der Waals surface area contributed by atoms with Crippen LogP contribution in [-0.4, -0.2) is 48.0 Å². The summed E-state index contributed by atoms with van der Waals surface area (Å²) in [5.74, 6) is 0.943. The highest BCUT2D eigenvalue weighted by molar-refractivity contribution is 14.0. The first-order valence-electron chi connectivity index (χ1n) is 11.0. The van der Waals surface area contributed by atoms with Gasteiger partial charge < -0.3 is 20.4 Å². The van der Waals surface area contributed by atoms with Crippen LogP contribution < -0.4 is 10.6 Å². The van der Waals surface area contributed by atoms with E-state index in [1.165, 1.54) is 11.1 Å². The monoisotopic (exact) mass is 533 g/mol. The van der Waals surface area contributed by atoms with Crippen molar-refractivity contribution in [2.75, 3.05) is 31.5 Å². The third-order valence-electron chi connectivity index (χ3n) is 5.75. The van der Waals surface area contributed by atoms with Crippen LogP contribution in [0.4, 0.5) is 10.5 Å². The zero-order chi connectivity index (χ0) is 20.8. The van der Waals surface area contributed by atoms with E-state index in [0.29, 0.717) is 6.54 Å². The number of carbonyl (C=O) groups is 1. The quantitative estimate of drug-likeness (QED) is 0.347. The minimum atomic E-state index is -0.00604. The Morgan fingerprint density at radius 3 is 2.55 bits per heavy atom. The van der Waals surface area contributed by atoms with Gasteiger partial charge in [-0.05, 0) is 55.0 Å². The number of guanidine groups is 1. The van der Waals surface area contributed by atoms with Crippen LogP contribution in [0.2, 0.25) is 0 Å². The second-order valence-corrected chi connectivity index (χ2v) is 7.94. The van der Waals surface area contributed by atoms with E-state index in [-0.39, 0.29) is 30.0 Å². The molecular weight excluding hydrogens is 501 g/mol. The van der Waals surface area contributed by atoms with Gasteiger partial charge in [-0.25, -0.2) is 9.79 Å². The second kappa shape index (κ2) is 11.4. The molecule has 2 N–H and O–H groups in total. The SMILES string of the molecule is CCNC(=NCc1cccc(NC(=O)N2CCCC2)c1)N1CCc2ccccc2C1.I. The zero-order valence-electron chi connectivity index (χ0n) is 18.1. The highest BCUT2D eigenvalue weighted by Gasteiger charge is 2.19. The van der Waals surface area contributed by atoms with E-state index < -0.39 is 0 Å². The molecule has 0 saturated carbocycles. The maximum atomic E-state index is 12.4. The van der Waals surface area contributed by atoms with Gasteiger partial charge in [0.2, 0.25) is 0 Å². The molecule has 2 heterocycles. The lowest BCUT2D eigenvalue weighted by molar-refractivity contribution is 0.222. The standard InChI is InChI=1S/C24H31N5O.HI/c1-2-25-23(29-15-12-20-9-3-4-10-21(20)18-29)26-17-19-8-7-11-22(16-19)27-24(30)28-13-5-6-14-28;/h3-4,7-11,16H,2,5-6,12-15,17-18H2,1H3,(H,25,26)(H,27,30);1H. The van der Waals surface area contributed by atoms with Crippen LogP contribution in [0.15, 0.2) is 53.5 Å². The minimum Gasteiger partial charge on any atom is -0.356 e. The molecule has 6 nitrogen and oxygen atoms in total. The Balaban J connectivity index is 0.00000272. The number of aliphatic imine (C=N–C) groups is 1. The lowest BCUT2D eigenvalue weighted by Crippen LogP contribution is -2.44. The summed E-state index contributed by atoms with van der Waals surface area (Å²) in [5.41, 5.74) is 4.73. The number of likely N-dealkylation sites (tertiary alicyclic amines) is 1. The fourth-order valence-electron chi connectivity index (χ4n) is 4.14. The van der Waals surface area contributed by atoms with E-state index in [1.54, 1.807) is 0 Å². The Kier molecular flexibility index (Phi) is 8.57. The van der Waals surface area contributed by atoms with Crippen molar-refractivity contribution < 1.29 is 4.79 Å². The number of benzene rings is 2. The molecule has 0 spiro atoms. The molecule has 0 aliphatic carbocycles. The predicted molar refractivity (Wildman–Crippen MR) is 137 cm³/mol. The highest BCUT2D eigenvalue weighted by atomic mass is 127. The van der Waals surface area contributed by atoms with Crippen molar-refractivity contribution in [1.29, 1.82) is 0 Å². The first-order valence-corrected chi connectivity index (χ1v) is 11.0. The summed E-state index contributed by atoms with van der Waals surface area (Å²) in [5, 5.41) is 6.46. The van der Waals surface area contributed by atoms with Crippen molar-refractivity contribution in [3.05, 3.63) is 65.2 Å². The molecule has 1 fully saturated rings. The Hall–Kier alpha value is -2.29. The maximum Gasteiger partial charge on any atom is 0.321 e.